The Kier molecular flexibility index (Phi) is 5.64. The van der Waals surface area contributed by atoms with Crippen molar-refractivity contribution in [2.75, 3.05) is 18.5 Å². The third-order valence-electron chi connectivity index (χ3n) is 2.42. The van der Waals surface area contributed by atoms with Gasteiger partial charge in [-0.3, -0.25) is 4.21 Å². The highest BCUT2D eigenvalue weighted by Gasteiger charge is 2.23. The normalized spacial score (nSPS) is 15.2. The predicted molar refractivity (Wildman–Crippen MR) is 79.6 cm³/mol. The molecule has 0 amide bonds. The van der Waals surface area contributed by atoms with Gasteiger partial charge in [0.15, 0.2) is 0 Å². The number of rotatable bonds is 5. The van der Waals surface area contributed by atoms with Crippen molar-refractivity contribution < 1.29 is 12.6 Å². The van der Waals surface area contributed by atoms with Gasteiger partial charge in [-0.1, -0.05) is 23.2 Å². The lowest BCUT2D eigenvalue weighted by Gasteiger charge is -2.13. The minimum Gasteiger partial charge on any atom is -0.399 e. The van der Waals surface area contributed by atoms with Crippen LogP contribution in [-0.4, -0.2) is 30.7 Å². The molecule has 0 saturated heterocycles. The maximum absolute atomic E-state index is 12.1. The van der Waals surface area contributed by atoms with Gasteiger partial charge in [0.1, 0.15) is 4.90 Å². The number of halogens is 2. The lowest BCUT2D eigenvalue weighted by atomic mass is 10.3. The molecule has 2 unspecified atom stereocenters. The number of hydrogen-bond acceptors (Lipinski definition) is 4. The van der Waals surface area contributed by atoms with Crippen LogP contribution >= 0.6 is 23.2 Å². The van der Waals surface area contributed by atoms with E-state index in [1.54, 1.807) is 6.92 Å². The first-order chi connectivity index (χ1) is 8.65. The molecule has 0 heterocycles. The summed E-state index contributed by atoms with van der Waals surface area (Å²) in [7, 11) is -5.00. The maximum Gasteiger partial charge on any atom is 0.243 e. The second kappa shape index (κ2) is 6.41. The summed E-state index contributed by atoms with van der Waals surface area (Å²) in [6.07, 6.45) is 1.50. The quantitative estimate of drug-likeness (QED) is 0.794. The lowest BCUT2D eigenvalue weighted by Crippen LogP contribution is -2.33. The lowest BCUT2D eigenvalue weighted by molar-refractivity contribution is 0.581. The first-order valence-corrected chi connectivity index (χ1v) is 9.07. The summed E-state index contributed by atoms with van der Waals surface area (Å²) in [4.78, 5) is -0.223. The van der Waals surface area contributed by atoms with E-state index in [9.17, 15) is 12.6 Å². The Morgan fingerprint density at radius 1 is 1.37 bits per heavy atom. The highest BCUT2D eigenvalue weighted by atomic mass is 35.5. The maximum atomic E-state index is 12.1. The van der Waals surface area contributed by atoms with Gasteiger partial charge in [-0.2, -0.15) is 0 Å². The average molecular weight is 345 g/mol. The van der Waals surface area contributed by atoms with Gasteiger partial charge >= 0.3 is 0 Å². The van der Waals surface area contributed by atoms with E-state index in [0.717, 1.165) is 0 Å². The van der Waals surface area contributed by atoms with Crippen molar-refractivity contribution in [1.82, 2.24) is 4.72 Å². The van der Waals surface area contributed by atoms with Crippen LogP contribution in [0.25, 0.3) is 0 Å². The SMILES string of the molecule is CC(CNS(=O)(=O)c1c(Cl)cc(N)cc1Cl)S(C)=O. The topological polar surface area (TPSA) is 89.3 Å². The first-order valence-electron chi connectivity index (χ1n) is 5.21. The highest BCUT2D eigenvalue weighted by molar-refractivity contribution is 7.90. The van der Waals surface area contributed by atoms with E-state index in [4.69, 9.17) is 28.9 Å². The number of anilines is 1. The van der Waals surface area contributed by atoms with Crippen LogP contribution in [0.1, 0.15) is 6.92 Å². The fourth-order valence-electron chi connectivity index (χ4n) is 1.25. The number of nitrogens with one attached hydrogen (secondary N) is 1. The number of benzene rings is 1. The van der Waals surface area contributed by atoms with Gasteiger partial charge < -0.3 is 5.73 Å². The highest BCUT2D eigenvalue weighted by Crippen LogP contribution is 2.31. The Morgan fingerprint density at radius 2 is 1.84 bits per heavy atom. The van der Waals surface area contributed by atoms with Crippen LogP contribution in [0, 0.1) is 0 Å². The van der Waals surface area contributed by atoms with Crippen LogP contribution < -0.4 is 10.5 Å². The molecule has 0 spiro atoms. The van der Waals surface area contributed by atoms with Crippen molar-refractivity contribution in [2.45, 2.75) is 17.1 Å². The zero-order valence-corrected chi connectivity index (χ0v) is 13.5. The van der Waals surface area contributed by atoms with E-state index in [1.807, 2.05) is 0 Å². The van der Waals surface area contributed by atoms with Gasteiger partial charge in [0.2, 0.25) is 10.0 Å². The molecular weight excluding hydrogens is 331 g/mol. The Balaban J connectivity index is 3.05. The largest absolute Gasteiger partial charge is 0.399 e. The number of sulfonamides is 1. The zero-order valence-electron chi connectivity index (χ0n) is 10.3. The monoisotopic (exact) mass is 344 g/mol. The van der Waals surface area contributed by atoms with Gasteiger partial charge in [-0.15, -0.1) is 0 Å². The molecule has 0 aliphatic heterocycles. The molecule has 19 heavy (non-hydrogen) atoms. The smallest absolute Gasteiger partial charge is 0.243 e. The molecule has 9 heteroatoms. The van der Waals surface area contributed by atoms with Crippen LogP contribution in [0.4, 0.5) is 5.69 Å². The number of nitrogens with two attached hydrogens (primary N) is 1. The van der Waals surface area contributed by atoms with Crippen LogP contribution in [0.2, 0.25) is 10.0 Å². The molecule has 1 aromatic carbocycles. The van der Waals surface area contributed by atoms with Crippen molar-refractivity contribution in [1.29, 1.82) is 0 Å². The molecule has 108 valence electrons. The molecule has 0 aliphatic carbocycles. The predicted octanol–water partition coefficient (Wildman–Crippen LogP) is 1.62. The molecule has 5 nitrogen and oxygen atoms in total. The molecule has 0 radical (unpaired) electrons. The molecule has 0 fully saturated rings. The van der Waals surface area contributed by atoms with Gasteiger partial charge in [0, 0.05) is 34.5 Å². The van der Waals surface area contributed by atoms with Gasteiger partial charge in [0.25, 0.3) is 0 Å². The van der Waals surface area contributed by atoms with Crippen LogP contribution in [0.3, 0.4) is 0 Å². The molecule has 2 atom stereocenters. The molecule has 3 N–H and O–H groups in total. The fraction of sp³-hybridized carbons (Fsp3) is 0.400. The molecule has 1 aromatic rings. The fourth-order valence-corrected chi connectivity index (χ4v) is 4.03. The van der Waals surface area contributed by atoms with Crippen molar-refractivity contribution >= 4 is 49.7 Å². The number of nitrogen functional groups attached to an aromatic ring is 1. The Hall–Kier alpha value is -0.340. The third kappa shape index (κ3) is 4.32. The Labute approximate surface area is 125 Å². The Bertz CT molecular complexity index is 582. The van der Waals surface area contributed by atoms with Crippen molar-refractivity contribution in [2.24, 2.45) is 0 Å². The van der Waals surface area contributed by atoms with Crippen LogP contribution in [-0.2, 0) is 20.8 Å². The van der Waals surface area contributed by atoms with Crippen LogP contribution in [0.5, 0.6) is 0 Å². The van der Waals surface area contributed by atoms with E-state index >= 15 is 0 Å². The van der Waals surface area contributed by atoms with E-state index < -0.39 is 20.8 Å². The molecule has 0 aliphatic rings. The van der Waals surface area contributed by atoms with E-state index in [-0.39, 0.29) is 32.4 Å². The Morgan fingerprint density at radius 3 is 2.26 bits per heavy atom. The number of hydrogen-bond donors (Lipinski definition) is 2. The van der Waals surface area contributed by atoms with E-state index in [0.29, 0.717) is 0 Å². The molecule has 0 aromatic heterocycles. The summed E-state index contributed by atoms with van der Waals surface area (Å²) in [6.45, 7) is 1.70. The van der Waals surface area contributed by atoms with Crippen molar-refractivity contribution in [3.8, 4) is 0 Å². The molecule has 1 rings (SSSR count). The van der Waals surface area contributed by atoms with Gasteiger partial charge in [-0.05, 0) is 19.1 Å². The summed E-state index contributed by atoms with van der Waals surface area (Å²) >= 11 is 11.7. The standard InChI is InChI=1S/C10H14Cl2N2O3S2/c1-6(18(2)15)5-14-19(16,17)10-8(11)3-7(13)4-9(10)12/h3-4,6,14H,5,13H2,1-2H3. The minimum absolute atomic E-state index is 0.0302. The second-order valence-corrected chi connectivity index (χ2v) is 8.29. The molecular formula is C10H14Cl2N2O3S2. The summed E-state index contributed by atoms with van der Waals surface area (Å²) in [5, 5.41) is -0.424. The van der Waals surface area contributed by atoms with E-state index in [2.05, 4.69) is 4.72 Å². The molecule has 0 saturated carbocycles. The van der Waals surface area contributed by atoms with Gasteiger partial charge in [0.05, 0.1) is 10.0 Å². The van der Waals surface area contributed by atoms with Crippen molar-refractivity contribution in [3.63, 3.8) is 0 Å². The van der Waals surface area contributed by atoms with Crippen LogP contribution in [0.15, 0.2) is 17.0 Å². The zero-order chi connectivity index (χ0) is 14.8. The first kappa shape index (κ1) is 16.7. The minimum atomic E-state index is -3.87. The molecule has 0 bridgehead atoms. The summed E-state index contributed by atoms with van der Waals surface area (Å²) < 4.78 is 37.7. The average Bonchev–Trinajstić information content (AvgIpc) is 2.23. The van der Waals surface area contributed by atoms with E-state index in [1.165, 1.54) is 18.4 Å². The second-order valence-electron chi connectivity index (χ2n) is 3.97. The summed E-state index contributed by atoms with van der Waals surface area (Å²) in [6, 6.07) is 2.62. The summed E-state index contributed by atoms with van der Waals surface area (Å²) in [5.41, 5.74) is 5.78. The van der Waals surface area contributed by atoms with Crippen molar-refractivity contribution in [3.05, 3.63) is 22.2 Å². The third-order valence-corrected chi connectivity index (χ3v) is 6.06. The summed E-state index contributed by atoms with van der Waals surface area (Å²) in [5.74, 6) is 0. The van der Waals surface area contributed by atoms with Gasteiger partial charge in [-0.25, -0.2) is 13.1 Å².